The summed E-state index contributed by atoms with van der Waals surface area (Å²) in [4.78, 5) is 2.35. The van der Waals surface area contributed by atoms with Gasteiger partial charge in [-0.3, -0.25) is 0 Å². The molecule has 0 aromatic heterocycles. The lowest BCUT2D eigenvalue weighted by atomic mass is 10.2. The van der Waals surface area contributed by atoms with Gasteiger partial charge in [-0.25, -0.2) is 0 Å². The number of hydrogen-bond acceptors (Lipinski definition) is 1. The molecule has 0 saturated carbocycles. The maximum atomic E-state index is 5.65. The largest absolute Gasteiger partial charge is 0.303 e. The molecule has 72 valence electrons. The van der Waals surface area contributed by atoms with Gasteiger partial charge in [-0.2, -0.15) is 0 Å². The summed E-state index contributed by atoms with van der Waals surface area (Å²) >= 11 is 17.0. The standard InChI is InChI=1S/C8H14Cl3N/c1-7-2-4-12(6-7)5-3-8(9,10)11/h7H,2-6H2,1H3. The first kappa shape index (κ1) is 10.9. The van der Waals surface area contributed by atoms with Crippen molar-refractivity contribution in [1.82, 2.24) is 4.90 Å². The van der Waals surface area contributed by atoms with E-state index in [2.05, 4.69) is 11.8 Å². The minimum absolute atomic E-state index is 0.629. The normalized spacial score (nSPS) is 26.5. The first-order valence-electron chi connectivity index (χ1n) is 4.26. The zero-order valence-electron chi connectivity index (χ0n) is 7.19. The molecule has 0 aliphatic carbocycles. The van der Waals surface area contributed by atoms with Crippen molar-refractivity contribution < 1.29 is 0 Å². The summed E-state index contributed by atoms with van der Waals surface area (Å²) in [6, 6.07) is 0. The molecule has 1 rings (SSSR count). The minimum atomic E-state index is -1.08. The lowest BCUT2D eigenvalue weighted by Crippen LogP contribution is -2.24. The van der Waals surface area contributed by atoms with Crippen LogP contribution in [0.2, 0.25) is 0 Å². The van der Waals surface area contributed by atoms with E-state index in [0.29, 0.717) is 6.42 Å². The Morgan fingerprint density at radius 3 is 2.50 bits per heavy atom. The Morgan fingerprint density at radius 1 is 1.42 bits per heavy atom. The maximum absolute atomic E-state index is 5.65. The van der Waals surface area contributed by atoms with E-state index >= 15 is 0 Å². The van der Waals surface area contributed by atoms with Crippen LogP contribution in [0, 0.1) is 5.92 Å². The Kier molecular flexibility index (Phi) is 3.97. The summed E-state index contributed by atoms with van der Waals surface area (Å²) < 4.78 is -1.08. The minimum Gasteiger partial charge on any atom is -0.303 e. The topological polar surface area (TPSA) is 3.24 Å². The monoisotopic (exact) mass is 229 g/mol. The highest BCUT2D eigenvalue weighted by atomic mass is 35.6. The fourth-order valence-corrected chi connectivity index (χ4v) is 1.77. The van der Waals surface area contributed by atoms with E-state index in [1.165, 1.54) is 6.42 Å². The van der Waals surface area contributed by atoms with E-state index in [0.717, 1.165) is 25.6 Å². The Balaban J connectivity index is 2.16. The summed E-state index contributed by atoms with van der Waals surface area (Å²) in [5, 5.41) is 0. The molecule has 1 nitrogen and oxygen atoms in total. The zero-order valence-corrected chi connectivity index (χ0v) is 9.46. The number of alkyl halides is 3. The molecular weight excluding hydrogens is 216 g/mol. The molecular formula is C8H14Cl3N. The lowest BCUT2D eigenvalue weighted by Gasteiger charge is -2.18. The third-order valence-corrected chi connectivity index (χ3v) is 2.79. The number of hydrogen-bond donors (Lipinski definition) is 0. The number of rotatable bonds is 2. The highest BCUT2D eigenvalue weighted by Gasteiger charge is 2.24. The molecule has 0 bridgehead atoms. The summed E-state index contributed by atoms with van der Waals surface area (Å²) in [5.41, 5.74) is 0. The van der Waals surface area contributed by atoms with Crippen LogP contribution in [0.1, 0.15) is 19.8 Å². The van der Waals surface area contributed by atoms with Crippen molar-refractivity contribution in [3.63, 3.8) is 0 Å². The smallest absolute Gasteiger partial charge is 0.191 e. The van der Waals surface area contributed by atoms with Crippen molar-refractivity contribution in [3.8, 4) is 0 Å². The molecule has 1 saturated heterocycles. The maximum Gasteiger partial charge on any atom is 0.191 e. The van der Waals surface area contributed by atoms with Gasteiger partial charge in [0.25, 0.3) is 0 Å². The molecule has 0 amide bonds. The van der Waals surface area contributed by atoms with Crippen molar-refractivity contribution in [3.05, 3.63) is 0 Å². The van der Waals surface area contributed by atoms with Crippen molar-refractivity contribution in [2.45, 2.75) is 23.6 Å². The molecule has 1 atom stereocenters. The van der Waals surface area contributed by atoms with Crippen LogP contribution in [0.5, 0.6) is 0 Å². The average Bonchev–Trinajstić information content (AvgIpc) is 2.30. The van der Waals surface area contributed by atoms with Crippen LogP contribution in [-0.4, -0.2) is 28.3 Å². The summed E-state index contributed by atoms with van der Waals surface area (Å²) in [7, 11) is 0. The molecule has 1 heterocycles. The first-order chi connectivity index (χ1) is 5.47. The van der Waals surface area contributed by atoms with Crippen LogP contribution in [0.15, 0.2) is 0 Å². The molecule has 1 unspecified atom stereocenters. The van der Waals surface area contributed by atoms with Crippen molar-refractivity contribution in [2.24, 2.45) is 5.92 Å². The Hall–Kier alpha value is 0.830. The second-order valence-electron chi connectivity index (χ2n) is 3.56. The average molecular weight is 231 g/mol. The van der Waals surface area contributed by atoms with E-state index < -0.39 is 3.79 Å². The van der Waals surface area contributed by atoms with Gasteiger partial charge in [0.05, 0.1) is 0 Å². The van der Waals surface area contributed by atoms with Gasteiger partial charge in [-0.1, -0.05) is 41.7 Å². The van der Waals surface area contributed by atoms with E-state index in [-0.39, 0.29) is 0 Å². The molecule has 1 fully saturated rings. The fourth-order valence-electron chi connectivity index (χ4n) is 1.51. The molecule has 1 aliphatic rings. The van der Waals surface area contributed by atoms with E-state index in [4.69, 9.17) is 34.8 Å². The van der Waals surface area contributed by atoms with Crippen LogP contribution in [0.25, 0.3) is 0 Å². The molecule has 0 aromatic rings. The summed E-state index contributed by atoms with van der Waals surface area (Å²) in [6.45, 7) is 5.47. The number of halogens is 3. The van der Waals surface area contributed by atoms with Crippen molar-refractivity contribution in [2.75, 3.05) is 19.6 Å². The van der Waals surface area contributed by atoms with Gasteiger partial charge < -0.3 is 4.90 Å². The van der Waals surface area contributed by atoms with Crippen molar-refractivity contribution >= 4 is 34.8 Å². The Labute approximate surface area is 89.0 Å². The predicted octanol–water partition coefficient (Wildman–Crippen LogP) is 3.09. The molecule has 12 heavy (non-hydrogen) atoms. The van der Waals surface area contributed by atoms with Crippen LogP contribution in [0.3, 0.4) is 0 Å². The fraction of sp³-hybridized carbons (Fsp3) is 1.00. The quantitative estimate of drug-likeness (QED) is 0.659. The molecule has 0 aromatic carbocycles. The number of nitrogens with zero attached hydrogens (tertiary/aromatic N) is 1. The predicted molar refractivity (Wildman–Crippen MR) is 55.1 cm³/mol. The molecule has 0 N–H and O–H groups in total. The van der Waals surface area contributed by atoms with Gasteiger partial charge in [0.2, 0.25) is 0 Å². The highest BCUT2D eigenvalue weighted by Crippen LogP contribution is 2.30. The third-order valence-electron chi connectivity index (χ3n) is 2.22. The van der Waals surface area contributed by atoms with Gasteiger partial charge in [0, 0.05) is 19.5 Å². The molecule has 0 radical (unpaired) electrons. The zero-order chi connectivity index (χ0) is 9.19. The summed E-state index contributed by atoms with van der Waals surface area (Å²) in [6.07, 6.45) is 1.91. The third kappa shape index (κ3) is 4.18. The Bertz CT molecular complexity index is 144. The van der Waals surface area contributed by atoms with E-state index in [1.54, 1.807) is 0 Å². The van der Waals surface area contributed by atoms with Crippen LogP contribution in [-0.2, 0) is 0 Å². The first-order valence-corrected chi connectivity index (χ1v) is 5.40. The second kappa shape index (κ2) is 4.36. The second-order valence-corrected chi connectivity index (χ2v) is 6.08. The van der Waals surface area contributed by atoms with Gasteiger partial charge in [0.1, 0.15) is 0 Å². The van der Waals surface area contributed by atoms with Crippen LogP contribution < -0.4 is 0 Å². The summed E-state index contributed by atoms with van der Waals surface area (Å²) in [5.74, 6) is 0.806. The van der Waals surface area contributed by atoms with Crippen molar-refractivity contribution in [1.29, 1.82) is 0 Å². The number of likely N-dealkylation sites (tertiary alicyclic amines) is 1. The van der Waals surface area contributed by atoms with Gasteiger partial charge in [-0.15, -0.1) is 0 Å². The van der Waals surface area contributed by atoms with Crippen LogP contribution >= 0.6 is 34.8 Å². The lowest BCUT2D eigenvalue weighted by molar-refractivity contribution is 0.324. The molecule has 0 spiro atoms. The molecule has 4 heteroatoms. The van der Waals surface area contributed by atoms with E-state index in [1.807, 2.05) is 0 Å². The SMILES string of the molecule is CC1CCN(CCC(Cl)(Cl)Cl)C1. The van der Waals surface area contributed by atoms with Gasteiger partial charge in [0.15, 0.2) is 3.79 Å². The van der Waals surface area contributed by atoms with E-state index in [9.17, 15) is 0 Å². The van der Waals surface area contributed by atoms with Gasteiger partial charge in [-0.05, 0) is 18.9 Å². The Morgan fingerprint density at radius 2 is 2.08 bits per heavy atom. The van der Waals surface area contributed by atoms with Crippen LogP contribution in [0.4, 0.5) is 0 Å². The van der Waals surface area contributed by atoms with Gasteiger partial charge >= 0.3 is 0 Å². The highest BCUT2D eigenvalue weighted by molar-refractivity contribution is 6.67. The molecule has 1 aliphatic heterocycles.